The summed E-state index contributed by atoms with van der Waals surface area (Å²) in [5, 5.41) is 3.55. The molecule has 0 aromatic heterocycles. The highest BCUT2D eigenvalue weighted by Gasteiger charge is 2.61. The van der Waals surface area contributed by atoms with E-state index in [1.165, 1.54) is 25.8 Å². The molecule has 2 saturated carbocycles. The molecule has 0 radical (unpaired) electrons. The van der Waals surface area contributed by atoms with Crippen LogP contribution in [0.2, 0.25) is 0 Å². The topological polar surface area (TPSA) is 21.3 Å². The normalized spacial score (nSPS) is 36.4. The maximum atomic E-state index is 5.38. The Hall–Kier alpha value is -0.0800. The second-order valence-corrected chi connectivity index (χ2v) is 5.40. The molecule has 0 heterocycles. The van der Waals surface area contributed by atoms with Crippen molar-refractivity contribution in [2.75, 3.05) is 20.3 Å². The molecule has 1 N–H and O–H groups in total. The van der Waals surface area contributed by atoms with Crippen LogP contribution < -0.4 is 5.32 Å². The predicted octanol–water partition coefficient (Wildman–Crippen LogP) is 2.05. The van der Waals surface area contributed by atoms with E-state index in [0.29, 0.717) is 11.5 Å². The number of rotatable bonds is 6. The van der Waals surface area contributed by atoms with Gasteiger partial charge in [0.1, 0.15) is 0 Å². The largest absolute Gasteiger partial charge is 0.384 e. The molecule has 2 rings (SSSR count). The Bertz CT molecular complexity index is 200. The highest BCUT2D eigenvalue weighted by atomic mass is 16.5. The second-order valence-electron chi connectivity index (χ2n) is 5.40. The van der Waals surface area contributed by atoms with Gasteiger partial charge in [-0.15, -0.1) is 0 Å². The van der Waals surface area contributed by atoms with Crippen LogP contribution in [0.3, 0.4) is 0 Å². The molecule has 0 aromatic rings. The molecule has 0 aliphatic heterocycles. The molecular weight excluding hydrogens is 174 g/mol. The van der Waals surface area contributed by atoms with Crippen LogP contribution >= 0.6 is 0 Å². The minimum Gasteiger partial charge on any atom is -0.384 e. The van der Waals surface area contributed by atoms with Crippen molar-refractivity contribution in [3.05, 3.63) is 0 Å². The molecular formula is C12H23NO. The van der Waals surface area contributed by atoms with Crippen molar-refractivity contribution in [1.82, 2.24) is 5.32 Å². The summed E-state index contributed by atoms with van der Waals surface area (Å²) in [6.45, 7) is 6.62. The van der Waals surface area contributed by atoms with Crippen molar-refractivity contribution in [1.29, 1.82) is 0 Å². The van der Waals surface area contributed by atoms with Crippen molar-refractivity contribution in [2.45, 2.75) is 39.2 Å². The van der Waals surface area contributed by atoms with Gasteiger partial charge in [0.05, 0.1) is 6.61 Å². The van der Waals surface area contributed by atoms with Gasteiger partial charge in [-0.05, 0) is 37.6 Å². The lowest BCUT2D eigenvalue weighted by Gasteiger charge is -2.16. The lowest BCUT2D eigenvalue weighted by molar-refractivity contribution is 0.119. The van der Waals surface area contributed by atoms with E-state index in [1.54, 1.807) is 0 Å². The third kappa shape index (κ3) is 1.96. The van der Waals surface area contributed by atoms with Gasteiger partial charge >= 0.3 is 0 Å². The van der Waals surface area contributed by atoms with Crippen LogP contribution in [0.15, 0.2) is 0 Å². The van der Waals surface area contributed by atoms with E-state index in [9.17, 15) is 0 Å². The van der Waals surface area contributed by atoms with Crippen molar-refractivity contribution in [3.8, 4) is 0 Å². The van der Waals surface area contributed by atoms with Gasteiger partial charge in [-0.1, -0.05) is 13.8 Å². The van der Waals surface area contributed by atoms with Gasteiger partial charge in [0, 0.05) is 18.6 Å². The van der Waals surface area contributed by atoms with Crippen LogP contribution in [0.5, 0.6) is 0 Å². The molecule has 0 spiro atoms. The first-order chi connectivity index (χ1) is 6.69. The van der Waals surface area contributed by atoms with Crippen molar-refractivity contribution < 1.29 is 4.74 Å². The highest BCUT2D eigenvalue weighted by Crippen LogP contribution is 2.65. The lowest BCUT2D eigenvalue weighted by atomic mass is 9.98. The summed E-state index contributed by atoms with van der Waals surface area (Å²) in [5.41, 5.74) is 0.580. The van der Waals surface area contributed by atoms with Crippen LogP contribution in [0.25, 0.3) is 0 Å². The molecule has 82 valence electrons. The van der Waals surface area contributed by atoms with E-state index in [2.05, 4.69) is 19.2 Å². The Morgan fingerprint density at radius 3 is 2.64 bits per heavy atom. The summed E-state index contributed by atoms with van der Waals surface area (Å²) in [6.07, 6.45) is 4.29. The highest BCUT2D eigenvalue weighted by molar-refractivity contribution is 5.10. The number of methoxy groups -OCH3 is 1. The van der Waals surface area contributed by atoms with E-state index in [1.807, 2.05) is 7.11 Å². The minimum absolute atomic E-state index is 0.580. The Morgan fingerprint density at radius 1 is 1.43 bits per heavy atom. The van der Waals surface area contributed by atoms with Gasteiger partial charge in [-0.3, -0.25) is 0 Å². The first-order valence-electron chi connectivity index (χ1n) is 5.91. The van der Waals surface area contributed by atoms with Crippen LogP contribution in [-0.2, 0) is 4.74 Å². The van der Waals surface area contributed by atoms with Crippen molar-refractivity contribution >= 4 is 0 Å². The molecule has 2 heteroatoms. The third-order valence-electron chi connectivity index (χ3n) is 3.86. The fraction of sp³-hybridized carbons (Fsp3) is 1.00. The van der Waals surface area contributed by atoms with Crippen LogP contribution in [0, 0.1) is 17.3 Å². The summed E-state index contributed by atoms with van der Waals surface area (Å²) in [5.74, 6) is 1.87. The maximum Gasteiger partial charge on any atom is 0.0524 e. The SMILES string of the molecule is COCC1(C2CC2)CC1CNC(C)C. The molecule has 0 aromatic carbocycles. The molecule has 0 amide bonds. The fourth-order valence-corrected chi connectivity index (χ4v) is 2.77. The summed E-state index contributed by atoms with van der Waals surface area (Å²) >= 11 is 0. The molecule has 14 heavy (non-hydrogen) atoms. The summed E-state index contributed by atoms with van der Waals surface area (Å²) in [4.78, 5) is 0. The van der Waals surface area contributed by atoms with Gasteiger partial charge in [0.25, 0.3) is 0 Å². The third-order valence-corrected chi connectivity index (χ3v) is 3.86. The second kappa shape index (κ2) is 3.82. The Morgan fingerprint density at radius 2 is 2.14 bits per heavy atom. The molecule has 0 saturated heterocycles. The van der Waals surface area contributed by atoms with E-state index in [4.69, 9.17) is 4.74 Å². The minimum atomic E-state index is 0.580. The predicted molar refractivity (Wildman–Crippen MR) is 58.3 cm³/mol. The number of hydrogen-bond acceptors (Lipinski definition) is 2. The van der Waals surface area contributed by atoms with Gasteiger partial charge in [0.2, 0.25) is 0 Å². The zero-order chi connectivity index (χ0) is 10.2. The fourth-order valence-electron chi connectivity index (χ4n) is 2.77. The molecule has 2 fully saturated rings. The Labute approximate surface area is 87.4 Å². The van der Waals surface area contributed by atoms with Gasteiger partial charge < -0.3 is 10.1 Å². The quantitative estimate of drug-likeness (QED) is 0.703. The van der Waals surface area contributed by atoms with E-state index >= 15 is 0 Å². The lowest BCUT2D eigenvalue weighted by Crippen LogP contribution is -2.28. The number of ether oxygens (including phenoxy) is 1. The Balaban J connectivity index is 1.79. The number of hydrogen-bond donors (Lipinski definition) is 1. The van der Waals surface area contributed by atoms with Crippen molar-refractivity contribution in [2.24, 2.45) is 17.3 Å². The molecule has 2 aliphatic carbocycles. The van der Waals surface area contributed by atoms with Crippen LogP contribution in [0.1, 0.15) is 33.1 Å². The maximum absolute atomic E-state index is 5.38. The van der Waals surface area contributed by atoms with E-state index in [0.717, 1.165) is 18.4 Å². The zero-order valence-corrected chi connectivity index (χ0v) is 9.68. The molecule has 2 aliphatic rings. The van der Waals surface area contributed by atoms with Crippen LogP contribution in [0.4, 0.5) is 0 Å². The number of nitrogens with one attached hydrogen (secondary N) is 1. The van der Waals surface area contributed by atoms with E-state index < -0.39 is 0 Å². The first kappa shape index (κ1) is 10.4. The molecule has 2 unspecified atom stereocenters. The van der Waals surface area contributed by atoms with Gasteiger partial charge in [-0.25, -0.2) is 0 Å². The molecule has 2 nitrogen and oxygen atoms in total. The average Bonchev–Trinajstić information content (AvgIpc) is 2.97. The standard InChI is InChI=1S/C12H23NO/c1-9(2)13-7-11-6-12(11,8-14-3)10-4-5-10/h9-11,13H,4-8H2,1-3H3. The molecule has 2 atom stereocenters. The van der Waals surface area contributed by atoms with Crippen molar-refractivity contribution in [3.63, 3.8) is 0 Å². The Kier molecular flexibility index (Phi) is 2.85. The first-order valence-corrected chi connectivity index (χ1v) is 5.91. The van der Waals surface area contributed by atoms with E-state index in [-0.39, 0.29) is 0 Å². The monoisotopic (exact) mass is 197 g/mol. The summed E-state index contributed by atoms with van der Waals surface area (Å²) in [7, 11) is 1.84. The van der Waals surface area contributed by atoms with Gasteiger partial charge in [-0.2, -0.15) is 0 Å². The average molecular weight is 197 g/mol. The molecule has 0 bridgehead atoms. The summed E-state index contributed by atoms with van der Waals surface area (Å²) < 4.78 is 5.38. The van der Waals surface area contributed by atoms with Crippen LogP contribution in [-0.4, -0.2) is 26.3 Å². The zero-order valence-electron chi connectivity index (χ0n) is 9.68. The summed E-state index contributed by atoms with van der Waals surface area (Å²) in [6, 6.07) is 0.620. The van der Waals surface area contributed by atoms with Gasteiger partial charge in [0.15, 0.2) is 0 Å². The smallest absolute Gasteiger partial charge is 0.0524 e.